The molecular weight excluding hydrogens is 302 g/mol. The number of aromatic nitrogens is 4. The highest BCUT2D eigenvalue weighted by Gasteiger charge is 2.33. The van der Waals surface area contributed by atoms with Crippen LogP contribution in [0.2, 0.25) is 0 Å². The van der Waals surface area contributed by atoms with Crippen LogP contribution in [0.25, 0.3) is 5.65 Å². The Morgan fingerprint density at radius 2 is 1.96 bits per heavy atom. The highest BCUT2D eigenvalue weighted by molar-refractivity contribution is 5.77. The predicted molar refractivity (Wildman–Crippen MR) is 90.6 cm³/mol. The van der Waals surface area contributed by atoms with E-state index in [1.165, 1.54) is 0 Å². The van der Waals surface area contributed by atoms with Gasteiger partial charge in [0.1, 0.15) is 6.54 Å². The van der Waals surface area contributed by atoms with Crippen LogP contribution >= 0.6 is 0 Å². The Balaban J connectivity index is 1.62. The Morgan fingerprint density at radius 1 is 1.17 bits per heavy atom. The maximum atomic E-state index is 12.9. The zero-order valence-corrected chi connectivity index (χ0v) is 14.0. The second-order valence-corrected chi connectivity index (χ2v) is 6.43. The molecule has 3 aromatic rings. The van der Waals surface area contributed by atoms with Crippen molar-refractivity contribution in [3.8, 4) is 0 Å². The summed E-state index contributed by atoms with van der Waals surface area (Å²) in [4.78, 5) is 14.9. The van der Waals surface area contributed by atoms with E-state index in [0.29, 0.717) is 6.54 Å². The number of fused-ring (bicyclic) bond motifs is 1. The molecule has 0 bridgehead atoms. The lowest BCUT2D eigenvalue weighted by atomic mass is 10.2. The summed E-state index contributed by atoms with van der Waals surface area (Å²) in [6.07, 6.45) is 3.90. The van der Waals surface area contributed by atoms with Gasteiger partial charge in [-0.25, -0.2) is 0 Å². The second-order valence-electron chi connectivity index (χ2n) is 6.43. The summed E-state index contributed by atoms with van der Waals surface area (Å²) >= 11 is 0. The minimum absolute atomic E-state index is 0.00562. The van der Waals surface area contributed by atoms with Crippen molar-refractivity contribution < 1.29 is 4.79 Å². The zero-order chi connectivity index (χ0) is 16.7. The van der Waals surface area contributed by atoms with E-state index in [0.717, 1.165) is 42.2 Å². The number of pyridine rings is 1. The number of carbonyl (C=O) groups excluding carboxylic acids is 1. The average molecular weight is 323 g/mol. The minimum atomic E-state index is 0.00562. The first-order chi connectivity index (χ1) is 11.6. The van der Waals surface area contributed by atoms with Gasteiger partial charge in [0.2, 0.25) is 5.91 Å². The molecule has 0 aliphatic carbocycles. The van der Waals surface area contributed by atoms with Gasteiger partial charge < -0.3 is 9.47 Å². The Morgan fingerprint density at radius 3 is 2.75 bits per heavy atom. The molecule has 4 heterocycles. The molecule has 0 radical (unpaired) electrons. The summed E-state index contributed by atoms with van der Waals surface area (Å²) in [5.74, 6) is 1.00. The summed E-state index contributed by atoms with van der Waals surface area (Å²) in [6, 6.07) is 9.96. The van der Waals surface area contributed by atoms with Crippen LogP contribution in [0.4, 0.5) is 0 Å². The molecule has 1 aliphatic heterocycles. The zero-order valence-electron chi connectivity index (χ0n) is 14.0. The van der Waals surface area contributed by atoms with Crippen molar-refractivity contribution in [2.24, 2.45) is 0 Å². The Bertz CT molecular complexity index is 874. The molecule has 1 saturated heterocycles. The topological polar surface area (TPSA) is 55.4 Å². The molecule has 0 N–H and O–H groups in total. The summed E-state index contributed by atoms with van der Waals surface area (Å²) in [6.45, 7) is 5.24. The normalized spacial score (nSPS) is 17.8. The maximum absolute atomic E-state index is 12.9. The number of amides is 1. The lowest BCUT2D eigenvalue weighted by Crippen LogP contribution is -2.34. The average Bonchev–Trinajstić information content (AvgIpc) is 3.28. The largest absolute Gasteiger partial charge is 0.340 e. The van der Waals surface area contributed by atoms with E-state index in [1.54, 1.807) is 0 Å². The quantitative estimate of drug-likeness (QED) is 0.744. The minimum Gasteiger partial charge on any atom is -0.340 e. The fraction of sp³-hybridized carbons (Fsp3) is 0.389. The lowest BCUT2D eigenvalue weighted by Gasteiger charge is -2.24. The second kappa shape index (κ2) is 5.78. The smallest absolute Gasteiger partial charge is 0.243 e. The number of carbonyl (C=O) groups is 1. The number of aryl methyl sites for hydroxylation is 2. The Kier molecular flexibility index (Phi) is 3.59. The van der Waals surface area contributed by atoms with Gasteiger partial charge in [0, 0.05) is 24.1 Å². The van der Waals surface area contributed by atoms with Crippen molar-refractivity contribution in [1.82, 2.24) is 24.1 Å². The maximum Gasteiger partial charge on any atom is 0.243 e. The fourth-order valence-corrected chi connectivity index (χ4v) is 3.60. The molecule has 0 saturated carbocycles. The summed E-state index contributed by atoms with van der Waals surface area (Å²) in [5, 5.41) is 8.59. The first-order valence-corrected chi connectivity index (χ1v) is 8.37. The highest BCUT2D eigenvalue weighted by atomic mass is 16.2. The van der Waals surface area contributed by atoms with E-state index in [9.17, 15) is 4.79 Å². The molecule has 3 aromatic heterocycles. The van der Waals surface area contributed by atoms with Crippen LogP contribution in [-0.4, -0.2) is 36.5 Å². The Labute approximate surface area is 140 Å². The van der Waals surface area contributed by atoms with Crippen molar-refractivity contribution >= 4 is 11.6 Å². The third-order valence-electron chi connectivity index (χ3n) is 4.92. The van der Waals surface area contributed by atoms with E-state index in [-0.39, 0.29) is 11.9 Å². The van der Waals surface area contributed by atoms with Gasteiger partial charge in [-0.2, -0.15) is 0 Å². The molecule has 0 unspecified atom stereocenters. The first-order valence-electron chi connectivity index (χ1n) is 8.37. The van der Waals surface area contributed by atoms with Crippen LogP contribution in [0.15, 0.2) is 36.5 Å². The van der Waals surface area contributed by atoms with Gasteiger partial charge in [-0.15, -0.1) is 10.2 Å². The monoisotopic (exact) mass is 323 g/mol. The SMILES string of the molecule is Cc1ccc(C)n1CC(=O)N1CCC[C@@H]1c1nnc2ccccn12. The molecule has 0 aromatic carbocycles. The van der Waals surface area contributed by atoms with Crippen LogP contribution in [0.3, 0.4) is 0 Å². The molecule has 1 fully saturated rings. The van der Waals surface area contributed by atoms with E-state index in [1.807, 2.05) is 47.5 Å². The molecule has 1 amide bonds. The molecule has 1 aliphatic rings. The van der Waals surface area contributed by atoms with Crippen LogP contribution in [0, 0.1) is 13.8 Å². The van der Waals surface area contributed by atoms with Crippen LogP contribution in [0.1, 0.15) is 36.1 Å². The van der Waals surface area contributed by atoms with Crippen molar-refractivity contribution in [2.75, 3.05) is 6.54 Å². The van der Waals surface area contributed by atoms with Gasteiger partial charge in [-0.1, -0.05) is 6.07 Å². The van der Waals surface area contributed by atoms with E-state index < -0.39 is 0 Å². The van der Waals surface area contributed by atoms with Gasteiger partial charge in [0.25, 0.3) is 0 Å². The molecule has 4 rings (SSSR count). The van der Waals surface area contributed by atoms with Crippen LogP contribution < -0.4 is 0 Å². The molecular formula is C18H21N5O. The van der Waals surface area contributed by atoms with Gasteiger partial charge in [-0.05, 0) is 51.0 Å². The number of hydrogen-bond acceptors (Lipinski definition) is 3. The van der Waals surface area contributed by atoms with Crippen molar-refractivity contribution in [2.45, 2.75) is 39.3 Å². The van der Waals surface area contributed by atoms with Crippen molar-refractivity contribution in [3.63, 3.8) is 0 Å². The lowest BCUT2D eigenvalue weighted by molar-refractivity contribution is -0.133. The number of likely N-dealkylation sites (tertiary alicyclic amines) is 1. The summed E-state index contributed by atoms with van der Waals surface area (Å²) < 4.78 is 4.06. The molecule has 0 spiro atoms. The molecule has 1 atom stereocenters. The number of nitrogens with zero attached hydrogens (tertiary/aromatic N) is 5. The van der Waals surface area contributed by atoms with Crippen LogP contribution in [-0.2, 0) is 11.3 Å². The predicted octanol–water partition coefficient (Wildman–Crippen LogP) is 2.51. The highest BCUT2D eigenvalue weighted by Crippen LogP contribution is 2.31. The van der Waals surface area contributed by atoms with Crippen molar-refractivity contribution in [1.29, 1.82) is 0 Å². The van der Waals surface area contributed by atoms with Gasteiger partial charge >= 0.3 is 0 Å². The molecule has 24 heavy (non-hydrogen) atoms. The molecule has 6 heteroatoms. The third kappa shape index (κ3) is 2.38. The van der Waals surface area contributed by atoms with E-state index in [2.05, 4.69) is 26.9 Å². The van der Waals surface area contributed by atoms with E-state index >= 15 is 0 Å². The third-order valence-corrected chi connectivity index (χ3v) is 4.92. The van der Waals surface area contributed by atoms with Gasteiger partial charge in [-0.3, -0.25) is 9.20 Å². The first kappa shape index (κ1) is 14.9. The number of hydrogen-bond donors (Lipinski definition) is 0. The Hall–Kier alpha value is -2.63. The fourth-order valence-electron chi connectivity index (χ4n) is 3.60. The molecule has 6 nitrogen and oxygen atoms in total. The summed E-state index contributed by atoms with van der Waals surface area (Å²) in [7, 11) is 0. The van der Waals surface area contributed by atoms with Gasteiger partial charge in [0.05, 0.1) is 6.04 Å². The van der Waals surface area contributed by atoms with Crippen LogP contribution in [0.5, 0.6) is 0 Å². The summed E-state index contributed by atoms with van der Waals surface area (Å²) in [5.41, 5.74) is 3.05. The van der Waals surface area contributed by atoms with Crippen molar-refractivity contribution in [3.05, 3.63) is 53.7 Å². The van der Waals surface area contributed by atoms with E-state index in [4.69, 9.17) is 0 Å². The standard InChI is InChI=1S/C18H21N5O/c1-13-8-9-14(2)23(13)12-17(24)21-11-5-6-15(21)18-20-19-16-7-3-4-10-22(16)18/h3-4,7-10,15H,5-6,11-12H2,1-2H3/t15-/m1/s1. The number of rotatable bonds is 3. The molecule has 124 valence electrons. The van der Waals surface area contributed by atoms with Gasteiger partial charge in [0.15, 0.2) is 11.5 Å².